The standard InChI is InChI=1S/C19H26N8O13P2/c20-10-1-2-26(19(30)23-10)12-4-8(28)15(39-12)14(40-42(34,35)36)7-3-11(38-9(7)5-37-41(31,32)33)27-6-22-13-16(27)24-18(21)25-17(13)29/h1-2,6-9,11-12,14-15,28H,3-5H2,(H2,20,23,30)(H2,31,32,33)(H2,34,35,36)(H3,21,24,25,29). The minimum Gasteiger partial charge on any atom is -0.390 e. The number of rotatable bonds is 9. The predicted molar refractivity (Wildman–Crippen MR) is 137 cm³/mol. The first-order valence-corrected chi connectivity index (χ1v) is 15.2. The number of phosphoric acid groups is 2. The Morgan fingerprint density at radius 3 is 2.45 bits per heavy atom. The summed E-state index contributed by atoms with van der Waals surface area (Å²) in [4.78, 5) is 76.6. The number of nitrogen functional groups attached to an aromatic ring is 2. The zero-order valence-electron chi connectivity index (χ0n) is 21.2. The van der Waals surface area contributed by atoms with Gasteiger partial charge in [0.1, 0.15) is 30.5 Å². The summed E-state index contributed by atoms with van der Waals surface area (Å²) in [5, 5.41) is 10.9. The molecule has 21 nitrogen and oxygen atoms in total. The molecule has 5 rings (SSSR count). The zero-order chi connectivity index (χ0) is 30.6. The molecule has 2 saturated heterocycles. The molecule has 5 heterocycles. The number of aliphatic hydroxyl groups excluding tert-OH is 1. The Morgan fingerprint density at radius 1 is 1.07 bits per heavy atom. The molecule has 7 atom stereocenters. The van der Waals surface area contributed by atoms with E-state index in [-0.39, 0.29) is 35.8 Å². The number of phosphoric ester groups is 2. The minimum atomic E-state index is -5.30. The van der Waals surface area contributed by atoms with Crippen molar-refractivity contribution in [2.45, 2.75) is 49.7 Å². The van der Waals surface area contributed by atoms with Crippen LogP contribution in [0.5, 0.6) is 0 Å². The fourth-order valence-corrected chi connectivity index (χ4v) is 6.02. The van der Waals surface area contributed by atoms with Crippen molar-refractivity contribution in [3.8, 4) is 0 Å². The number of hydrogen-bond donors (Lipinski definition) is 8. The summed E-state index contributed by atoms with van der Waals surface area (Å²) in [5.41, 5.74) is 9.58. The van der Waals surface area contributed by atoms with Crippen molar-refractivity contribution >= 4 is 38.6 Å². The second kappa shape index (κ2) is 11.2. The normalized spacial score (nSPS) is 27.5. The van der Waals surface area contributed by atoms with Crippen molar-refractivity contribution in [1.29, 1.82) is 0 Å². The molecule has 2 aliphatic rings. The summed E-state index contributed by atoms with van der Waals surface area (Å²) >= 11 is 0. The second-order valence-electron chi connectivity index (χ2n) is 9.55. The van der Waals surface area contributed by atoms with Crippen LogP contribution in [0.2, 0.25) is 0 Å². The first-order valence-electron chi connectivity index (χ1n) is 12.1. The highest BCUT2D eigenvalue weighted by Crippen LogP contribution is 2.49. The summed E-state index contributed by atoms with van der Waals surface area (Å²) in [7, 11) is -10.4. The van der Waals surface area contributed by atoms with E-state index < -0.39 is 76.3 Å². The van der Waals surface area contributed by atoms with Gasteiger partial charge < -0.3 is 45.6 Å². The van der Waals surface area contributed by atoms with E-state index in [4.69, 9.17) is 25.5 Å². The largest absolute Gasteiger partial charge is 0.469 e. The van der Waals surface area contributed by atoms with E-state index in [1.807, 2.05) is 0 Å². The number of imidazole rings is 1. The molecular weight excluding hydrogens is 610 g/mol. The smallest absolute Gasteiger partial charge is 0.390 e. The molecule has 2 fully saturated rings. The van der Waals surface area contributed by atoms with Crippen molar-refractivity contribution in [2.24, 2.45) is 5.92 Å². The van der Waals surface area contributed by atoms with Crippen molar-refractivity contribution in [3.05, 3.63) is 39.4 Å². The highest BCUT2D eigenvalue weighted by atomic mass is 31.2. The van der Waals surface area contributed by atoms with Crippen LogP contribution in [0.1, 0.15) is 25.3 Å². The number of aliphatic hydroxyl groups is 1. The molecule has 23 heteroatoms. The van der Waals surface area contributed by atoms with E-state index in [9.17, 15) is 43.4 Å². The molecule has 0 radical (unpaired) electrons. The minimum absolute atomic E-state index is 0.0172. The van der Waals surface area contributed by atoms with Gasteiger partial charge in [0.2, 0.25) is 5.95 Å². The third-order valence-corrected chi connectivity index (χ3v) is 7.76. The summed E-state index contributed by atoms with van der Waals surface area (Å²) in [6.07, 6.45) is -6.16. The molecule has 0 amide bonds. The topological polar surface area (TPSA) is 323 Å². The fraction of sp³-hybridized carbons (Fsp3) is 0.526. The number of fused-ring (bicyclic) bond motifs is 1. The second-order valence-corrected chi connectivity index (χ2v) is 12.0. The third kappa shape index (κ3) is 6.46. The van der Waals surface area contributed by atoms with Gasteiger partial charge in [-0.05, 0) is 6.07 Å². The number of hydrogen-bond acceptors (Lipinski definition) is 14. The molecule has 230 valence electrons. The lowest BCUT2D eigenvalue weighted by Gasteiger charge is -2.32. The van der Waals surface area contributed by atoms with Crippen LogP contribution in [0.4, 0.5) is 11.8 Å². The molecule has 0 aliphatic carbocycles. The molecule has 42 heavy (non-hydrogen) atoms. The summed E-state index contributed by atoms with van der Waals surface area (Å²) in [6, 6.07) is 1.31. The van der Waals surface area contributed by atoms with E-state index >= 15 is 0 Å². The number of aromatic nitrogens is 6. The lowest BCUT2D eigenvalue weighted by atomic mass is 9.89. The molecule has 0 saturated carbocycles. The Labute approximate surface area is 233 Å². The Bertz CT molecular complexity index is 1680. The van der Waals surface area contributed by atoms with Crippen molar-refractivity contribution in [2.75, 3.05) is 18.1 Å². The number of nitrogens with zero attached hydrogens (tertiary/aromatic N) is 5. The predicted octanol–water partition coefficient (Wildman–Crippen LogP) is -2.32. The van der Waals surface area contributed by atoms with Gasteiger partial charge in [0.15, 0.2) is 11.2 Å². The average Bonchev–Trinajstić information content (AvgIpc) is 3.57. The summed E-state index contributed by atoms with van der Waals surface area (Å²) < 4.78 is 47.4. The number of nitrogens with two attached hydrogens (primary N) is 2. The summed E-state index contributed by atoms with van der Waals surface area (Å²) in [5.74, 6) is -1.49. The van der Waals surface area contributed by atoms with Crippen molar-refractivity contribution < 1.29 is 52.3 Å². The number of H-pyrrole nitrogens is 1. The fourth-order valence-electron chi connectivity index (χ4n) is 5.08. The first kappa shape index (κ1) is 30.4. The van der Waals surface area contributed by atoms with Gasteiger partial charge in [0.25, 0.3) is 5.56 Å². The van der Waals surface area contributed by atoms with Crippen LogP contribution in [0.3, 0.4) is 0 Å². The van der Waals surface area contributed by atoms with Gasteiger partial charge in [0.05, 0.1) is 25.1 Å². The molecular formula is C19H26N8O13P2. The molecule has 0 spiro atoms. The lowest BCUT2D eigenvalue weighted by Crippen LogP contribution is -2.45. The maximum absolute atomic E-state index is 12.4. The van der Waals surface area contributed by atoms with Crippen LogP contribution in [-0.4, -0.2) is 84.8 Å². The number of ether oxygens (including phenoxy) is 2. The maximum Gasteiger partial charge on any atom is 0.469 e. The Kier molecular flexibility index (Phi) is 8.11. The highest BCUT2D eigenvalue weighted by Gasteiger charge is 2.52. The molecule has 2 aliphatic heterocycles. The van der Waals surface area contributed by atoms with Gasteiger partial charge in [-0.1, -0.05) is 0 Å². The third-order valence-electron chi connectivity index (χ3n) is 6.75. The van der Waals surface area contributed by atoms with Crippen LogP contribution in [0.25, 0.3) is 11.2 Å². The Balaban J connectivity index is 1.51. The van der Waals surface area contributed by atoms with Crippen LogP contribution in [0, 0.1) is 5.92 Å². The van der Waals surface area contributed by atoms with Gasteiger partial charge in [-0.2, -0.15) is 9.97 Å². The van der Waals surface area contributed by atoms with E-state index in [1.54, 1.807) is 0 Å². The lowest BCUT2D eigenvalue weighted by molar-refractivity contribution is -0.111. The number of anilines is 2. The summed E-state index contributed by atoms with van der Waals surface area (Å²) in [6.45, 7) is -0.789. The first-order chi connectivity index (χ1) is 19.6. The number of nitrogens with one attached hydrogen (secondary N) is 1. The van der Waals surface area contributed by atoms with Crippen LogP contribution in [0.15, 0.2) is 28.2 Å². The van der Waals surface area contributed by atoms with Gasteiger partial charge in [-0.3, -0.25) is 28.0 Å². The maximum atomic E-state index is 12.4. The van der Waals surface area contributed by atoms with Crippen LogP contribution in [-0.2, 0) is 27.7 Å². The monoisotopic (exact) mass is 636 g/mol. The average molecular weight is 636 g/mol. The van der Waals surface area contributed by atoms with Crippen molar-refractivity contribution in [1.82, 2.24) is 29.1 Å². The molecule has 7 unspecified atom stereocenters. The van der Waals surface area contributed by atoms with Gasteiger partial charge in [-0.15, -0.1) is 0 Å². The Morgan fingerprint density at radius 2 is 1.79 bits per heavy atom. The zero-order valence-corrected chi connectivity index (χ0v) is 23.0. The highest BCUT2D eigenvalue weighted by molar-refractivity contribution is 7.46. The quantitative estimate of drug-likeness (QED) is 0.114. The van der Waals surface area contributed by atoms with Gasteiger partial charge in [-0.25, -0.2) is 18.9 Å². The SMILES string of the molecule is Nc1ccn(C2CC(O)C(C(OP(=O)(O)O)C3CC(n4cnc5c(=O)[nH]c(N)nc54)OC3COP(=O)(O)O)O2)c(=O)n1. The van der Waals surface area contributed by atoms with Gasteiger partial charge >= 0.3 is 21.3 Å². The van der Waals surface area contributed by atoms with E-state index in [0.29, 0.717) is 0 Å². The molecule has 0 bridgehead atoms. The van der Waals surface area contributed by atoms with Gasteiger partial charge in [0, 0.05) is 25.0 Å². The van der Waals surface area contributed by atoms with Crippen molar-refractivity contribution in [3.63, 3.8) is 0 Å². The van der Waals surface area contributed by atoms with E-state index in [2.05, 4.69) is 24.5 Å². The van der Waals surface area contributed by atoms with E-state index in [1.165, 1.54) is 23.2 Å². The molecule has 3 aromatic rings. The van der Waals surface area contributed by atoms with E-state index in [0.717, 1.165) is 4.57 Å². The number of aromatic amines is 1. The molecule has 10 N–H and O–H groups in total. The Hall–Kier alpha value is -3.07. The van der Waals surface area contributed by atoms with Crippen LogP contribution < -0.4 is 22.7 Å². The molecule has 0 aromatic carbocycles. The van der Waals surface area contributed by atoms with Crippen LogP contribution >= 0.6 is 15.6 Å². The molecule has 3 aromatic heterocycles.